The summed E-state index contributed by atoms with van der Waals surface area (Å²) < 4.78 is 67.4. The molecule has 182 valence electrons. The Balaban J connectivity index is 1.89. The van der Waals surface area contributed by atoms with Gasteiger partial charge in [-0.1, -0.05) is 0 Å². The Morgan fingerprint density at radius 3 is 2.00 bits per heavy atom. The van der Waals surface area contributed by atoms with Gasteiger partial charge in [-0.2, -0.15) is 27.1 Å². The monoisotopic (exact) mass is 631 g/mol. The van der Waals surface area contributed by atoms with Crippen LogP contribution < -0.4 is 15.2 Å². The molecular weight excluding hydrogens is 617 g/mol. The molecule has 0 amide bonds. The number of hydrogen-bond acceptors (Lipinski definition) is 10. The van der Waals surface area contributed by atoms with Crippen molar-refractivity contribution < 1.29 is 30.9 Å². The molecule has 0 bridgehead atoms. The lowest BCUT2D eigenvalue weighted by atomic mass is 10.2. The number of hydrazine groups is 2. The Morgan fingerprint density at radius 1 is 0.857 bits per heavy atom. The van der Waals surface area contributed by atoms with Crippen molar-refractivity contribution in [1.82, 2.24) is 0 Å². The Hall–Kier alpha value is -3.32. The third-order valence-electron chi connectivity index (χ3n) is 4.76. The molecule has 13 nitrogen and oxygen atoms in total. The molecule has 3 aromatic rings. The van der Waals surface area contributed by atoms with E-state index in [1.165, 1.54) is 45.8 Å². The van der Waals surface area contributed by atoms with E-state index in [2.05, 4.69) is 27.7 Å². The fourth-order valence-corrected chi connectivity index (χ4v) is 4.84. The number of halogens is 1. The zero-order chi connectivity index (χ0) is 25.5. The van der Waals surface area contributed by atoms with Crippen LogP contribution in [0.2, 0.25) is 0 Å². The first kappa shape index (κ1) is 24.8. The predicted octanol–water partition coefficient (Wildman–Crippen LogP) is 3.30. The van der Waals surface area contributed by atoms with E-state index >= 15 is 0 Å². The summed E-state index contributed by atoms with van der Waals surface area (Å²) in [6, 6.07) is 15.0. The van der Waals surface area contributed by atoms with Crippen LogP contribution in [0.25, 0.3) is 0 Å². The minimum Gasteiger partial charge on any atom is -0.282 e. The lowest BCUT2D eigenvalue weighted by Crippen LogP contribution is -2.46. The first-order valence-corrected chi connectivity index (χ1v) is 13.3. The first-order valence-electron chi connectivity index (χ1n) is 9.39. The van der Waals surface area contributed by atoms with E-state index in [4.69, 9.17) is 0 Å². The molecule has 1 aliphatic rings. The van der Waals surface area contributed by atoms with Gasteiger partial charge in [-0.25, -0.2) is 5.01 Å². The molecule has 1 aliphatic heterocycles. The maximum absolute atomic E-state index is 12.1. The molecule has 0 radical (unpaired) electrons. The SMILES string of the molecule is O=[N+]([O-])c1ccc(N2N(c3ccc(S(=O)(=O)O)cc3S(=O)(=O)O)C=NN2c2ccc(I)cc2)cc1. The number of nitro benzene ring substituents is 1. The van der Waals surface area contributed by atoms with E-state index in [1.807, 2.05) is 0 Å². The van der Waals surface area contributed by atoms with Gasteiger partial charge in [-0.05, 0) is 77.2 Å². The number of rotatable bonds is 6. The summed E-state index contributed by atoms with van der Waals surface area (Å²) in [6.07, 6.45) is 1.20. The number of benzene rings is 3. The van der Waals surface area contributed by atoms with Crippen LogP contribution in [0.3, 0.4) is 0 Å². The van der Waals surface area contributed by atoms with Gasteiger partial charge in [0.2, 0.25) is 0 Å². The van der Waals surface area contributed by atoms with Gasteiger partial charge < -0.3 is 0 Å². The Labute approximate surface area is 212 Å². The average Bonchev–Trinajstić information content (AvgIpc) is 3.23. The maximum atomic E-state index is 12.1. The Morgan fingerprint density at radius 2 is 1.46 bits per heavy atom. The summed E-state index contributed by atoms with van der Waals surface area (Å²) in [5, 5.41) is 19.3. The fourth-order valence-electron chi connectivity index (χ4n) is 3.19. The maximum Gasteiger partial charge on any atom is 0.296 e. The molecule has 0 aromatic heterocycles. The van der Waals surface area contributed by atoms with Crippen molar-refractivity contribution in [2.24, 2.45) is 5.10 Å². The highest BCUT2D eigenvalue weighted by molar-refractivity contribution is 14.1. The highest BCUT2D eigenvalue weighted by Gasteiger charge is 2.33. The van der Waals surface area contributed by atoms with E-state index < -0.39 is 35.0 Å². The minimum atomic E-state index is -4.98. The van der Waals surface area contributed by atoms with Gasteiger partial charge in [0.05, 0.1) is 26.9 Å². The van der Waals surface area contributed by atoms with Gasteiger partial charge in [-0.15, -0.1) is 5.10 Å². The van der Waals surface area contributed by atoms with Crippen molar-refractivity contribution in [2.45, 2.75) is 9.79 Å². The second kappa shape index (κ2) is 9.04. The smallest absolute Gasteiger partial charge is 0.282 e. The molecule has 0 saturated heterocycles. The summed E-state index contributed by atoms with van der Waals surface area (Å²) >= 11 is 2.11. The van der Waals surface area contributed by atoms with Crippen LogP contribution in [0, 0.1) is 13.7 Å². The molecule has 4 rings (SSSR count). The second-order valence-electron chi connectivity index (χ2n) is 6.98. The molecule has 0 saturated carbocycles. The lowest BCUT2D eigenvalue weighted by Gasteiger charge is -2.35. The predicted molar refractivity (Wildman–Crippen MR) is 134 cm³/mol. The van der Waals surface area contributed by atoms with E-state index in [9.17, 15) is 36.1 Å². The number of hydrazone groups is 1. The topological polar surface area (TPSA) is 174 Å². The van der Waals surface area contributed by atoms with Gasteiger partial charge in [0.25, 0.3) is 25.9 Å². The molecule has 2 N–H and O–H groups in total. The standard InChI is InChI=1S/C19H14IN5O8S2/c20-13-1-3-14(4-2-13)23-21-12-22(24(23)15-5-7-16(8-6-15)25(26)27)18-10-9-17(34(28,29)30)11-19(18)35(31,32)33/h1-12H,(H,28,29,30)(H,31,32,33). The molecule has 35 heavy (non-hydrogen) atoms. The van der Waals surface area contributed by atoms with Crippen LogP contribution >= 0.6 is 22.6 Å². The second-order valence-corrected chi connectivity index (χ2v) is 11.0. The molecule has 3 aromatic carbocycles. The van der Waals surface area contributed by atoms with Crippen LogP contribution in [-0.4, -0.2) is 37.2 Å². The summed E-state index contributed by atoms with van der Waals surface area (Å²) in [6.45, 7) is 0. The molecule has 0 atom stereocenters. The summed E-state index contributed by atoms with van der Waals surface area (Å²) in [7, 11) is -9.76. The molecule has 1 heterocycles. The first-order chi connectivity index (χ1) is 16.4. The van der Waals surface area contributed by atoms with Gasteiger partial charge in [0.15, 0.2) is 0 Å². The summed E-state index contributed by atoms with van der Waals surface area (Å²) in [4.78, 5) is 8.93. The Bertz CT molecular complexity index is 1550. The van der Waals surface area contributed by atoms with E-state index in [0.29, 0.717) is 17.4 Å². The molecule has 16 heteroatoms. The van der Waals surface area contributed by atoms with E-state index in [0.717, 1.165) is 15.7 Å². The molecule has 0 unspecified atom stereocenters. The number of non-ortho nitro benzene ring substituents is 1. The van der Waals surface area contributed by atoms with E-state index in [-0.39, 0.29) is 11.4 Å². The van der Waals surface area contributed by atoms with Gasteiger partial charge >= 0.3 is 0 Å². The number of nitro groups is 1. The van der Waals surface area contributed by atoms with Crippen molar-refractivity contribution in [3.8, 4) is 0 Å². The Kier molecular flexibility index (Phi) is 6.40. The fraction of sp³-hybridized carbons (Fsp3) is 0. The molecule has 0 spiro atoms. The van der Waals surface area contributed by atoms with Gasteiger partial charge in [-0.3, -0.25) is 19.2 Å². The molecular formula is C19H14IN5O8S2. The van der Waals surface area contributed by atoms with E-state index in [1.54, 1.807) is 24.3 Å². The third kappa shape index (κ3) is 5.05. The van der Waals surface area contributed by atoms with Crippen LogP contribution in [0.4, 0.5) is 22.7 Å². The number of anilines is 3. The number of hydrogen-bond donors (Lipinski definition) is 2. The van der Waals surface area contributed by atoms with Gasteiger partial charge in [0.1, 0.15) is 11.2 Å². The van der Waals surface area contributed by atoms with Crippen LogP contribution in [0.5, 0.6) is 0 Å². The minimum absolute atomic E-state index is 0.183. The summed E-state index contributed by atoms with van der Waals surface area (Å²) in [5.74, 6) is 0. The highest BCUT2D eigenvalue weighted by atomic mass is 127. The zero-order valence-corrected chi connectivity index (χ0v) is 21.0. The normalized spacial score (nSPS) is 14.0. The molecule has 0 aliphatic carbocycles. The molecule has 0 fully saturated rings. The van der Waals surface area contributed by atoms with Crippen LogP contribution in [0.15, 0.2) is 81.6 Å². The zero-order valence-electron chi connectivity index (χ0n) is 17.2. The third-order valence-corrected chi connectivity index (χ3v) is 7.21. The highest BCUT2D eigenvalue weighted by Crippen LogP contribution is 2.36. The van der Waals surface area contributed by atoms with Crippen molar-refractivity contribution in [3.63, 3.8) is 0 Å². The van der Waals surface area contributed by atoms with Crippen molar-refractivity contribution >= 4 is 71.9 Å². The van der Waals surface area contributed by atoms with Gasteiger partial charge in [0, 0.05) is 15.7 Å². The largest absolute Gasteiger partial charge is 0.296 e. The average molecular weight is 631 g/mol. The van der Waals surface area contributed by atoms with Crippen molar-refractivity contribution in [1.29, 1.82) is 0 Å². The van der Waals surface area contributed by atoms with Crippen molar-refractivity contribution in [3.05, 3.63) is 80.4 Å². The number of nitrogens with zero attached hydrogens (tertiary/aromatic N) is 5. The lowest BCUT2D eigenvalue weighted by molar-refractivity contribution is -0.384. The van der Waals surface area contributed by atoms with Crippen molar-refractivity contribution in [2.75, 3.05) is 15.2 Å². The quantitative estimate of drug-likeness (QED) is 0.177. The van der Waals surface area contributed by atoms with Crippen LogP contribution in [-0.2, 0) is 20.2 Å². The summed E-state index contributed by atoms with van der Waals surface area (Å²) in [5.41, 5.74) is 0.449. The van der Waals surface area contributed by atoms with Crippen LogP contribution in [0.1, 0.15) is 0 Å².